The van der Waals surface area contributed by atoms with E-state index in [9.17, 15) is 0 Å². The molecule has 2 aliphatic rings. The fourth-order valence-electron chi connectivity index (χ4n) is 6.04. The maximum atomic E-state index is 2.50. The second kappa shape index (κ2) is 8.25. The van der Waals surface area contributed by atoms with Crippen molar-refractivity contribution in [1.82, 2.24) is 0 Å². The zero-order valence-electron chi connectivity index (χ0n) is 21.5. The Morgan fingerprint density at radius 2 is 0.892 bits per heavy atom. The summed E-state index contributed by atoms with van der Waals surface area (Å²) in [5, 5.41) is 1.47. The first kappa shape index (κ1) is 22.2. The summed E-state index contributed by atoms with van der Waals surface area (Å²) >= 11 is 0. The standard InChI is InChI=1S/C33H29BN2Si/c1-37(2,3)26-22-31-33-32(23-26)36(25-16-8-5-9-17-25)30-21-13-11-19-28(30)34(33)27-18-10-12-20-29(27)35(31)24-14-6-4-7-15-24/h4-23H,1-3H3. The van der Waals surface area contributed by atoms with Gasteiger partial charge in [0.1, 0.15) is 0 Å². The third-order valence-electron chi connectivity index (χ3n) is 7.78. The molecule has 4 heteroatoms. The minimum absolute atomic E-state index is 0.188. The molecule has 0 aliphatic carbocycles. The topological polar surface area (TPSA) is 6.48 Å². The molecule has 178 valence electrons. The van der Waals surface area contributed by atoms with E-state index in [4.69, 9.17) is 0 Å². The van der Waals surface area contributed by atoms with Crippen LogP contribution in [0.15, 0.2) is 121 Å². The summed E-state index contributed by atoms with van der Waals surface area (Å²) in [6.45, 7) is 7.54. The predicted molar refractivity (Wildman–Crippen MR) is 163 cm³/mol. The third kappa shape index (κ3) is 3.40. The molecule has 5 aromatic rings. The van der Waals surface area contributed by atoms with Crippen LogP contribution in [0, 0.1) is 0 Å². The van der Waals surface area contributed by atoms with Crippen molar-refractivity contribution in [1.29, 1.82) is 0 Å². The van der Waals surface area contributed by atoms with E-state index in [1.165, 1.54) is 55.7 Å². The predicted octanol–water partition coefficient (Wildman–Crippen LogP) is 6.31. The van der Waals surface area contributed by atoms with E-state index in [2.05, 4.69) is 151 Å². The van der Waals surface area contributed by atoms with Crippen molar-refractivity contribution < 1.29 is 0 Å². The number of fused-ring (bicyclic) bond motifs is 4. The average molecular weight is 493 g/mol. The van der Waals surface area contributed by atoms with E-state index in [0.717, 1.165) is 0 Å². The van der Waals surface area contributed by atoms with Gasteiger partial charge in [0.25, 0.3) is 6.71 Å². The summed E-state index contributed by atoms with van der Waals surface area (Å²) in [6, 6.07) is 44.7. The van der Waals surface area contributed by atoms with Crippen molar-refractivity contribution in [2.24, 2.45) is 0 Å². The monoisotopic (exact) mass is 492 g/mol. The third-order valence-corrected chi connectivity index (χ3v) is 9.80. The number of para-hydroxylation sites is 4. The maximum absolute atomic E-state index is 2.50. The Kier molecular flexibility index (Phi) is 4.95. The fraction of sp³-hybridized carbons (Fsp3) is 0.0909. The molecule has 2 nitrogen and oxygen atoms in total. The summed E-state index contributed by atoms with van der Waals surface area (Å²) < 4.78 is 0. The summed E-state index contributed by atoms with van der Waals surface area (Å²) in [4.78, 5) is 4.98. The zero-order chi connectivity index (χ0) is 25.1. The molecule has 0 bridgehead atoms. The second-order valence-electron chi connectivity index (χ2n) is 11.1. The molecule has 0 saturated carbocycles. The van der Waals surface area contributed by atoms with Crippen molar-refractivity contribution >= 4 is 70.5 Å². The molecule has 0 N–H and O–H groups in total. The Labute approximate surface area is 220 Å². The molecule has 0 aromatic heterocycles. The van der Waals surface area contributed by atoms with Crippen molar-refractivity contribution in [2.45, 2.75) is 19.6 Å². The van der Waals surface area contributed by atoms with Gasteiger partial charge in [0.15, 0.2) is 0 Å². The summed E-state index contributed by atoms with van der Waals surface area (Å²) in [5.74, 6) is 0. The van der Waals surface area contributed by atoms with Crippen LogP contribution in [0.5, 0.6) is 0 Å². The van der Waals surface area contributed by atoms with E-state index in [1.54, 1.807) is 0 Å². The fourth-order valence-corrected chi connectivity index (χ4v) is 7.18. The van der Waals surface area contributed by atoms with Gasteiger partial charge in [0.2, 0.25) is 0 Å². The quantitative estimate of drug-likeness (QED) is 0.267. The SMILES string of the molecule is C[Si](C)(C)c1cc2c3c(c1)N(c1ccccc1)c1ccccc1B3c1ccccc1N2c1ccccc1. The summed E-state index contributed by atoms with van der Waals surface area (Å²) in [7, 11) is -1.64. The van der Waals surface area contributed by atoms with Gasteiger partial charge in [0.05, 0.1) is 8.07 Å². The van der Waals surface area contributed by atoms with Crippen LogP contribution in [0.4, 0.5) is 34.1 Å². The van der Waals surface area contributed by atoms with Crippen LogP contribution in [0.3, 0.4) is 0 Å². The molecule has 0 fully saturated rings. The van der Waals surface area contributed by atoms with Crippen LogP contribution in [0.1, 0.15) is 0 Å². The second-order valence-corrected chi connectivity index (χ2v) is 16.1. The lowest BCUT2D eigenvalue weighted by atomic mass is 9.33. The van der Waals surface area contributed by atoms with Gasteiger partial charge in [0, 0.05) is 34.1 Å². The number of rotatable bonds is 3. The normalized spacial score (nSPS) is 13.6. The van der Waals surface area contributed by atoms with Gasteiger partial charge in [-0.3, -0.25) is 0 Å². The van der Waals surface area contributed by atoms with E-state index in [1.807, 2.05) is 0 Å². The average Bonchev–Trinajstić information content (AvgIpc) is 2.93. The van der Waals surface area contributed by atoms with Gasteiger partial charge in [-0.05, 0) is 64.9 Å². The zero-order valence-corrected chi connectivity index (χ0v) is 22.5. The Morgan fingerprint density at radius 3 is 1.32 bits per heavy atom. The van der Waals surface area contributed by atoms with E-state index < -0.39 is 8.07 Å². The number of anilines is 6. The molecule has 2 aliphatic heterocycles. The molecule has 37 heavy (non-hydrogen) atoms. The van der Waals surface area contributed by atoms with Gasteiger partial charge < -0.3 is 9.80 Å². The Hall–Kier alpha value is -4.02. The van der Waals surface area contributed by atoms with Crippen LogP contribution in [-0.4, -0.2) is 14.8 Å². The largest absolute Gasteiger partial charge is 0.311 e. The van der Waals surface area contributed by atoms with Crippen molar-refractivity contribution in [3.63, 3.8) is 0 Å². The highest BCUT2D eigenvalue weighted by Crippen LogP contribution is 2.43. The number of nitrogens with zero attached hydrogens (tertiary/aromatic N) is 2. The molecular formula is C33H29BN2Si. The van der Waals surface area contributed by atoms with Gasteiger partial charge in [-0.25, -0.2) is 0 Å². The van der Waals surface area contributed by atoms with E-state index in [0.29, 0.717) is 0 Å². The van der Waals surface area contributed by atoms with E-state index in [-0.39, 0.29) is 6.71 Å². The Balaban J connectivity index is 1.63. The Morgan fingerprint density at radius 1 is 0.486 bits per heavy atom. The Bertz CT molecular complexity index is 1510. The van der Waals surface area contributed by atoms with Gasteiger partial charge >= 0.3 is 0 Å². The van der Waals surface area contributed by atoms with Crippen LogP contribution in [0.25, 0.3) is 0 Å². The minimum Gasteiger partial charge on any atom is -0.311 e. The smallest absolute Gasteiger partial charge is 0.252 e. The van der Waals surface area contributed by atoms with Gasteiger partial charge in [-0.2, -0.15) is 0 Å². The van der Waals surface area contributed by atoms with Gasteiger partial charge in [-0.1, -0.05) is 97.6 Å². The number of hydrogen-bond acceptors (Lipinski definition) is 2. The lowest BCUT2D eigenvalue weighted by molar-refractivity contribution is 1.26. The van der Waals surface area contributed by atoms with Crippen LogP contribution in [0.2, 0.25) is 19.6 Å². The van der Waals surface area contributed by atoms with Crippen molar-refractivity contribution in [3.8, 4) is 0 Å². The lowest BCUT2D eigenvalue weighted by Crippen LogP contribution is -2.62. The minimum atomic E-state index is -1.64. The molecule has 0 amide bonds. The first-order valence-corrected chi connectivity index (χ1v) is 16.6. The molecular weight excluding hydrogens is 463 g/mol. The van der Waals surface area contributed by atoms with Gasteiger partial charge in [-0.15, -0.1) is 0 Å². The molecule has 0 saturated heterocycles. The van der Waals surface area contributed by atoms with Crippen LogP contribution in [-0.2, 0) is 0 Å². The highest BCUT2D eigenvalue weighted by molar-refractivity contribution is 7.00. The van der Waals surface area contributed by atoms with Crippen molar-refractivity contribution in [3.05, 3.63) is 121 Å². The van der Waals surface area contributed by atoms with Crippen LogP contribution >= 0.6 is 0 Å². The molecule has 0 radical (unpaired) electrons. The van der Waals surface area contributed by atoms with E-state index >= 15 is 0 Å². The molecule has 0 unspecified atom stereocenters. The first-order chi connectivity index (χ1) is 18.0. The lowest BCUT2D eigenvalue weighted by Gasteiger charge is -2.45. The maximum Gasteiger partial charge on any atom is 0.252 e. The molecule has 0 atom stereocenters. The van der Waals surface area contributed by atoms with Crippen LogP contribution < -0.4 is 31.4 Å². The van der Waals surface area contributed by atoms with Crippen molar-refractivity contribution in [2.75, 3.05) is 9.80 Å². The molecule has 7 rings (SSSR count). The molecule has 0 spiro atoms. The summed E-state index contributed by atoms with van der Waals surface area (Å²) in [5.41, 5.74) is 11.7. The molecule has 2 heterocycles. The number of hydrogen-bond donors (Lipinski definition) is 0. The first-order valence-electron chi connectivity index (χ1n) is 13.1. The molecule has 5 aromatic carbocycles. The highest BCUT2D eigenvalue weighted by Gasteiger charge is 2.43. The highest BCUT2D eigenvalue weighted by atomic mass is 28.3. The summed E-state index contributed by atoms with van der Waals surface area (Å²) in [6.07, 6.45) is 0. The number of benzene rings is 5.